The number of benzene rings is 2. The van der Waals surface area contributed by atoms with E-state index in [0.717, 1.165) is 24.2 Å². The van der Waals surface area contributed by atoms with Crippen molar-refractivity contribution < 1.29 is 9.59 Å². The van der Waals surface area contributed by atoms with Crippen molar-refractivity contribution in [3.05, 3.63) is 65.2 Å². The summed E-state index contributed by atoms with van der Waals surface area (Å²) in [4.78, 5) is 24.6. The normalized spacial score (nSPS) is 10.8. The Morgan fingerprint density at radius 2 is 1.67 bits per heavy atom. The Labute approximate surface area is 162 Å². The van der Waals surface area contributed by atoms with Crippen LogP contribution in [0, 0.1) is 5.92 Å². The van der Waals surface area contributed by atoms with Crippen molar-refractivity contribution >= 4 is 17.4 Å². The largest absolute Gasteiger partial charge is 0.326 e. The molecule has 2 N–H and O–H groups in total. The molecule has 0 aliphatic rings. The van der Waals surface area contributed by atoms with E-state index in [1.54, 1.807) is 0 Å². The highest BCUT2D eigenvalue weighted by Crippen LogP contribution is 2.16. The molecule has 0 aliphatic heterocycles. The van der Waals surface area contributed by atoms with Crippen molar-refractivity contribution in [3.8, 4) is 0 Å². The molecule has 0 radical (unpaired) electrons. The molecule has 27 heavy (non-hydrogen) atoms. The van der Waals surface area contributed by atoms with Gasteiger partial charge in [-0.25, -0.2) is 0 Å². The van der Waals surface area contributed by atoms with Crippen LogP contribution in [0.15, 0.2) is 48.5 Å². The lowest BCUT2D eigenvalue weighted by molar-refractivity contribution is -0.116. The van der Waals surface area contributed by atoms with Gasteiger partial charge in [0.05, 0.1) is 0 Å². The molecule has 144 valence electrons. The molecule has 0 atom stereocenters. The summed E-state index contributed by atoms with van der Waals surface area (Å²) in [5.41, 5.74) is 3.74. The second-order valence-corrected chi connectivity index (χ2v) is 7.20. The maximum atomic E-state index is 12.4. The quantitative estimate of drug-likeness (QED) is 0.604. The Bertz CT molecular complexity index is 751. The summed E-state index contributed by atoms with van der Waals surface area (Å²) in [5, 5.41) is 6.19. The number of hydrogen-bond acceptors (Lipinski definition) is 3. The number of rotatable bonds is 10. The minimum atomic E-state index is -0.135. The summed E-state index contributed by atoms with van der Waals surface area (Å²) in [5.74, 6) is 0.455. The van der Waals surface area contributed by atoms with Crippen LogP contribution in [0.3, 0.4) is 0 Å². The fraction of sp³-hybridized carbons (Fsp3) is 0.391. The van der Waals surface area contributed by atoms with E-state index in [2.05, 4.69) is 24.5 Å². The van der Waals surface area contributed by atoms with Gasteiger partial charge in [-0.3, -0.25) is 9.59 Å². The van der Waals surface area contributed by atoms with E-state index in [4.69, 9.17) is 0 Å². The molecule has 4 nitrogen and oxygen atoms in total. The number of ketones is 1. The molecule has 1 amide bonds. The molecule has 0 unspecified atom stereocenters. The number of amides is 1. The summed E-state index contributed by atoms with van der Waals surface area (Å²) in [6.45, 7) is 7.96. The molecule has 0 heterocycles. The number of Topliss-reactive ketones (excluding diaryl/α,β-unsaturated/α-hetero) is 1. The Morgan fingerprint density at radius 3 is 2.33 bits per heavy atom. The molecule has 2 rings (SSSR count). The average Bonchev–Trinajstić information content (AvgIpc) is 2.65. The third-order valence-corrected chi connectivity index (χ3v) is 4.36. The topological polar surface area (TPSA) is 58.2 Å². The second-order valence-electron chi connectivity index (χ2n) is 7.20. The Hall–Kier alpha value is -2.46. The van der Waals surface area contributed by atoms with Crippen molar-refractivity contribution in [2.75, 3.05) is 11.9 Å². The van der Waals surface area contributed by atoms with Gasteiger partial charge in [0.25, 0.3) is 0 Å². The van der Waals surface area contributed by atoms with Gasteiger partial charge in [-0.1, -0.05) is 63.2 Å². The average molecular weight is 367 g/mol. The van der Waals surface area contributed by atoms with Crippen molar-refractivity contribution in [1.29, 1.82) is 0 Å². The maximum absolute atomic E-state index is 12.4. The molecule has 0 fully saturated rings. The molecule has 2 aromatic carbocycles. The first-order valence-corrected chi connectivity index (χ1v) is 9.70. The molecule has 0 saturated carbocycles. The van der Waals surface area contributed by atoms with Gasteiger partial charge in [0.1, 0.15) is 0 Å². The molecule has 0 aliphatic carbocycles. The summed E-state index contributed by atoms with van der Waals surface area (Å²) in [6, 6.07) is 15.5. The smallest absolute Gasteiger partial charge is 0.224 e. The van der Waals surface area contributed by atoms with Gasteiger partial charge in [-0.05, 0) is 36.1 Å². The zero-order valence-electron chi connectivity index (χ0n) is 16.5. The van der Waals surface area contributed by atoms with Gasteiger partial charge in [0, 0.05) is 30.6 Å². The van der Waals surface area contributed by atoms with E-state index in [1.807, 2.05) is 55.5 Å². The van der Waals surface area contributed by atoms with Gasteiger partial charge >= 0.3 is 0 Å². The summed E-state index contributed by atoms with van der Waals surface area (Å²) >= 11 is 0. The van der Waals surface area contributed by atoms with Gasteiger partial charge < -0.3 is 10.6 Å². The Balaban J connectivity index is 1.87. The zero-order chi connectivity index (χ0) is 19.6. The first-order valence-electron chi connectivity index (χ1n) is 9.70. The predicted molar refractivity (Wildman–Crippen MR) is 111 cm³/mol. The Morgan fingerprint density at radius 1 is 0.963 bits per heavy atom. The summed E-state index contributed by atoms with van der Waals surface area (Å²) < 4.78 is 0. The minimum absolute atomic E-state index is 0.00202. The van der Waals surface area contributed by atoms with Crippen LogP contribution in [0.2, 0.25) is 0 Å². The van der Waals surface area contributed by atoms with Crippen LogP contribution in [-0.4, -0.2) is 18.2 Å². The maximum Gasteiger partial charge on any atom is 0.224 e. The van der Waals surface area contributed by atoms with E-state index in [9.17, 15) is 9.59 Å². The number of nitrogens with one attached hydrogen (secondary N) is 2. The Kier molecular flexibility index (Phi) is 8.21. The molecule has 0 aromatic heterocycles. The molecule has 4 heteroatoms. The van der Waals surface area contributed by atoms with E-state index >= 15 is 0 Å². The number of anilines is 1. The minimum Gasteiger partial charge on any atom is -0.326 e. The fourth-order valence-corrected chi connectivity index (χ4v) is 2.94. The second kappa shape index (κ2) is 10.6. The fourth-order valence-electron chi connectivity index (χ4n) is 2.94. The highest BCUT2D eigenvalue weighted by molar-refractivity contribution is 6.00. The number of carbonyl (C=O) groups excluding carboxylic acids is 2. The van der Waals surface area contributed by atoms with Crippen molar-refractivity contribution in [2.24, 2.45) is 5.92 Å². The lowest BCUT2D eigenvalue weighted by atomic mass is 9.99. The SMILES string of the molecule is CCNCc1ccccc1NC(=O)CCC(=O)c1ccc(CC(C)C)cc1. The summed E-state index contributed by atoms with van der Waals surface area (Å²) in [7, 11) is 0. The van der Waals surface area contributed by atoms with E-state index in [-0.39, 0.29) is 24.5 Å². The molecule has 2 aromatic rings. The van der Waals surface area contributed by atoms with E-state index in [1.165, 1.54) is 5.56 Å². The van der Waals surface area contributed by atoms with Crippen molar-refractivity contribution in [3.63, 3.8) is 0 Å². The van der Waals surface area contributed by atoms with Gasteiger partial charge in [-0.2, -0.15) is 0 Å². The van der Waals surface area contributed by atoms with Crippen LogP contribution in [0.25, 0.3) is 0 Å². The third-order valence-electron chi connectivity index (χ3n) is 4.36. The number of para-hydroxylation sites is 1. The van der Waals surface area contributed by atoms with Gasteiger partial charge in [0.15, 0.2) is 5.78 Å². The first kappa shape index (κ1) is 20.8. The lowest BCUT2D eigenvalue weighted by Gasteiger charge is -2.11. The molecular formula is C23H30N2O2. The molecule has 0 bridgehead atoms. The van der Waals surface area contributed by atoms with E-state index < -0.39 is 0 Å². The molecular weight excluding hydrogens is 336 g/mol. The van der Waals surface area contributed by atoms with Crippen LogP contribution in [-0.2, 0) is 17.8 Å². The van der Waals surface area contributed by atoms with Crippen LogP contribution in [0.4, 0.5) is 5.69 Å². The number of hydrogen-bond donors (Lipinski definition) is 2. The van der Waals surface area contributed by atoms with E-state index in [0.29, 0.717) is 18.0 Å². The highest BCUT2D eigenvalue weighted by atomic mass is 16.2. The first-order chi connectivity index (χ1) is 13.0. The standard InChI is InChI=1S/C23H30N2O2/c1-4-24-16-20-7-5-6-8-21(20)25-23(27)14-13-22(26)19-11-9-18(10-12-19)15-17(2)3/h5-12,17,24H,4,13-16H2,1-3H3,(H,25,27). The predicted octanol–water partition coefficient (Wildman–Crippen LogP) is 4.60. The van der Waals surface area contributed by atoms with Crippen LogP contribution in [0.5, 0.6) is 0 Å². The van der Waals surface area contributed by atoms with Crippen molar-refractivity contribution in [1.82, 2.24) is 5.32 Å². The number of carbonyl (C=O) groups is 2. The third kappa shape index (κ3) is 6.99. The van der Waals surface area contributed by atoms with Crippen LogP contribution >= 0.6 is 0 Å². The zero-order valence-corrected chi connectivity index (χ0v) is 16.5. The van der Waals surface area contributed by atoms with Crippen molar-refractivity contribution in [2.45, 2.75) is 46.6 Å². The lowest BCUT2D eigenvalue weighted by Crippen LogP contribution is -2.17. The van der Waals surface area contributed by atoms with Gasteiger partial charge in [0.2, 0.25) is 5.91 Å². The van der Waals surface area contributed by atoms with Crippen LogP contribution < -0.4 is 10.6 Å². The molecule has 0 saturated heterocycles. The summed E-state index contributed by atoms with van der Waals surface area (Å²) in [6.07, 6.45) is 1.40. The monoisotopic (exact) mass is 366 g/mol. The van der Waals surface area contributed by atoms with Gasteiger partial charge in [-0.15, -0.1) is 0 Å². The molecule has 0 spiro atoms. The highest BCUT2D eigenvalue weighted by Gasteiger charge is 2.11. The van der Waals surface area contributed by atoms with Crippen LogP contribution in [0.1, 0.15) is 55.1 Å².